The molecular formula is C32H24N4S3. The molecule has 0 fully saturated rings. The van der Waals surface area contributed by atoms with Crippen LogP contribution < -0.4 is 9.80 Å². The second-order valence-electron chi connectivity index (χ2n) is 9.96. The van der Waals surface area contributed by atoms with Crippen molar-refractivity contribution in [3.63, 3.8) is 0 Å². The van der Waals surface area contributed by atoms with Gasteiger partial charge in [0.1, 0.15) is 11.0 Å². The molecule has 2 unspecified atom stereocenters. The van der Waals surface area contributed by atoms with Gasteiger partial charge in [-0.2, -0.15) is 8.75 Å². The van der Waals surface area contributed by atoms with E-state index in [4.69, 9.17) is 8.75 Å². The molecule has 4 aromatic carbocycles. The minimum atomic E-state index is 0.205. The molecule has 4 nitrogen and oxygen atoms in total. The first kappa shape index (κ1) is 23.4. The number of para-hydroxylation sites is 3. The third kappa shape index (κ3) is 3.46. The predicted molar refractivity (Wildman–Crippen MR) is 166 cm³/mol. The van der Waals surface area contributed by atoms with Crippen LogP contribution >= 0.6 is 35.3 Å². The van der Waals surface area contributed by atoms with Gasteiger partial charge in [-0.05, 0) is 61.4 Å². The van der Waals surface area contributed by atoms with Crippen molar-refractivity contribution < 1.29 is 0 Å². The van der Waals surface area contributed by atoms with Gasteiger partial charge in [-0.3, -0.25) is 0 Å². The zero-order chi connectivity index (χ0) is 26.1. The van der Waals surface area contributed by atoms with Crippen LogP contribution in [0.4, 0.5) is 28.4 Å². The summed E-state index contributed by atoms with van der Waals surface area (Å²) in [6.07, 6.45) is 9.00. The molecule has 39 heavy (non-hydrogen) atoms. The topological polar surface area (TPSA) is 32.3 Å². The Hall–Kier alpha value is -3.52. The highest BCUT2D eigenvalue weighted by Crippen LogP contribution is 2.56. The molecule has 0 amide bonds. The molecule has 1 aromatic heterocycles. The quantitative estimate of drug-likeness (QED) is 0.210. The minimum Gasteiger partial charge on any atom is -0.330 e. The van der Waals surface area contributed by atoms with Gasteiger partial charge in [0.2, 0.25) is 0 Å². The van der Waals surface area contributed by atoms with Gasteiger partial charge in [-0.15, -0.1) is 11.8 Å². The monoisotopic (exact) mass is 560 g/mol. The smallest absolute Gasteiger partial charge is 0.131 e. The summed E-state index contributed by atoms with van der Waals surface area (Å²) < 4.78 is 9.96. The second-order valence-corrected chi connectivity index (χ2v) is 12.8. The molecule has 7 heteroatoms. The van der Waals surface area contributed by atoms with E-state index < -0.39 is 0 Å². The van der Waals surface area contributed by atoms with Crippen LogP contribution in [-0.4, -0.2) is 20.0 Å². The summed E-state index contributed by atoms with van der Waals surface area (Å²) in [7, 11) is 0. The summed E-state index contributed by atoms with van der Waals surface area (Å²) in [6, 6.07) is 26.3. The van der Waals surface area contributed by atoms with E-state index in [0.29, 0.717) is 5.25 Å². The van der Waals surface area contributed by atoms with Crippen molar-refractivity contribution >= 4 is 74.7 Å². The maximum Gasteiger partial charge on any atom is 0.131 e. The number of hydrogen-bond acceptors (Lipinski definition) is 7. The molecule has 8 rings (SSSR count). The van der Waals surface area contributed by atoms with Crippen molar-refractivity contribution in [3.05, 3.63) is 108 Å². The number of thioether (sulfide) groups is 1. The number of aromatic nitrogens is 2. The van der Waals surface area contributed by atoms with Crippen LogP contribution in [0.3, 0.4) is 0 Å². The van der Waals surface area contributed by atoms with Crippen molar-refractivity contribution in [1.82, 2.24) is 8.75 Å². The lowest BCUT2D eigenvalue weighted by atomic mass is 9.97. The van der Waals surface area contributed by atoms with Crippen molar-refractivity contribution in [2.45, 2.75) is 39.8 Å². The van der Waals surface area contributed by atoms with Crippen LogP contribution in [0, 0.1) is 13.8 Å². The van der Waals surface area contributed by atoms with Crippen LogP contribution in [0.1, 0.15) is 11.1 Å². The molecular weight excluding hydrogens is 537 g/mol. The Morgan fingerprint density at radius 1 is 0.641 bits per heavy atom. The maximum atomic E-state index is 4.98. The number of rotatable bonds is 2. The SMILES string of the molecule is Cc1c(C)c(N2c3ccccc3SC3C=CC=CC32)c2nsnc2c1N1c2ccccc2Sc2ccccc21. The second kappa shape index (κ2) is 9.01. The number of benzene rings is 4. The average molecular weight is 561 g/mol. The third-order valence-electron chi connectivity index (χ3n) is 7.85. The number of allylic oxidation sites excluding steroid dienone is 2. The standard InChI is InChI=1S/C32H24N4S3/c1-19-20(2)32(36-23-13-5-9-17-27(23)38-28-18-10-6-14-24(28)36)30-29(33-39-34-30)31(19)35-21-11-3-7-15-25(21)37-26-16-8-4-12-22(26)35/h3-18,21,25H,1-2H3. The Morgan fingerprint density at radius 3 is 1.92 bits per heavy atom. The Balaban J connectivity index is 1.41. The molecule has 2 atom stereocenters. The molecule has 2 aliphatic heterocycles. The van der Waals surface area contributed by atoms with E-state index in [-0.39, 0.29) is 6.04 Å². The summed E-state index contributed by atoms with van der Waals surface area (Å²) in [5.41, 5.74) is 10.3. The van der Waals surface area contributed by atoms with Gasteiger partial charge >= 0.3 is 0 Å². The molecule has 3 aliphatic rings. The average Bonchev–Trinajstić information content (AvgIpc) is 3.45. The van der Waals surface area contributed by atoms with Crippen LogP contribution in [0.2, 0.25) is 0 Å². The molecule has 190 valence electrons. The number of nitrogens with zero attached hydrogens (tertiary/aromatic N) is 4. The van der Waals surface area contributed by atoms with E-state index in [9.17, 15) is 0 Å². The van der Waals surface area contributed by atoms with Gasteiger partial charge in [0.25, 0.3) is 0 Å². The first-order valence-electron chi connectivity index (χ1n) is 13.0. The van der Waals surface area contributed by atoms with E-state index >= 15 is 0 Å². The minimum absolute atomic E-state index is 0.205. The van der Waals surface area contributed by atoms with Gasteiger partial charge in [0, 0.05) is 14.7 Å². The van der Waals surface area contributed by atoms with E-state index in [0.717, 1.165) is 22.4 Å². The Kier molecular flexibility index (Phi) is 5.40. The van der Waals surface area contributed by atoms with Crippen molar-refractivity contribution in [2.75, 3.05) is 9.80 Å². The van der Waals surface area contributed by atoms with Gasteiger partial charge in [0.15, 0.2) is 0 Å². The normalized spacial score (nSPS) is 19.0. The summed E-state index contributed by atoms with van der Waals surface area (Å²) in [6.45, 7) is 4.50. The summed E-state index contributed by atoms with van der Waals surface area (Å²) in [4.78, 5) is 8.71. The molecule has 0 radical (unpaired) electrons. The van der Waals surface area contributed by atoms with Gasteiger partial charge in [-0.25, -0.2) is 0 Å². The maximum absolute atomic E-state index is 4.98. The molecule has 0 bridgehead atoms. The fourth-order valence-corrected chi connectivity index (χ4v) is 8.84. The zero-order valence-electron chi connectivity index (χ0n) is 21.4. The molecule has 0 N–H and O–H groups in total. The molecule has 0 spiro atoms. The first-order chi connectivity index (χ1) is 19.2. The highest BCUT2D eigenvalue weighted by Gasteiger charge is 2.38. The Labute approximate surface area is 240 Å². The van der Waals surface area contributed by atoms with E-state index in [1.807, 2.05) is 23.5 Å². The molecule has 0 saturated carbocycles. The molecule has 3 heterocycles. The van der Waals surface area contributed by atoms with Crippen LogP contribution in [0.5, 0.6) is 0 Å². The third-order valence-corrected chi connectivity index (χ3v) is 10.8. The predicted octanol–water partition coefficient (Wildman–Crippen LogP) is 9.35. The molecule has 5 aromatic rings. The fraction of sp³-hybridized carbons (Fsp3) is 0.125. The van der Waals surface area contributed by atoms with Gasteiger partial charge in [0.05, 0.1) is 51.5 Å². The number of anilines is 5. The van der Waals surface area contributed by atoms with E-state index in [2.05, 4.69) is 121 Å². The van der Waals surface area contributed by atoms with Crippen LogP contribution in [-0.2, 0) is 0 Å². The number of fused-ring (bicyclic) bond motifs is 5. The first-order valence-corrected chi connectivity index (χ1v) is 15.4. The summed E-state index contributed by atoms with van der Waals surface area (Å²) >= 11 is 5.08. The molecule has 0 saturated heterocycles. The van der Waals surface area contributed by atoms with Crippen molar-refractivity contribution in [2.24, 2.45) is 0 Å². The Morgan fingerprint density at radius 2 is 1.21 bits per heavy atom. The van der Waals surface area contributed by atoms with Gasteiger partial charge < -0.3 is 9.80 Å². The lowest BCUT2D eigenvalue weighted by Gasteiger charge is -2.43. The van der Waals surface area contributed by atoms with Crippen molar-refractivity contribution in [3.8, 4) is 0 Å². The largest absolute Gasteiger partial charge is 0.330 e. The summed E-state index contributed by atoms with van der Waals surface area (Å²) in [5.74, 6) is 0. The number of hydrogen-bond donors (Lipinski definition) is 0. The Bertz CT molecular complexity index is 1790. The summed E-state index contributed by atoms with van der Waals surface area (Å²) in [5, 5.41) is 0.337. The highest BCUT2D eigenvalue weighted by molar-refractivity contribution is 8.00. The van der Waals surface area contributed by atoms with Gasteiger partial charge in [-0.1, -0.05) is 72.5 Å². The van der Waals surface area contributed by atoms with Crippen LogP contribution in [0.15, 0.2) is 112 Å². The van der Waals surface area contributed by atoms with E-state index in [1.165, 1.54) is 54.6 Å². The van der Waals surface area contributed by atoms with E-state index in [1.54, 1.807) is 0 Å². The zero-order valence-corrected chi connectivity index (χ0v) is 23.9. The lowest BCUT2D eigenvalue weighted by Crippen LogP contribution is -2.41. The van der Waals surface area contributed by atoms with Crippen LogP contribution in [0.25, 0.3) is 11.0 Å². The molecule has 1 aliphatic carbocycles. The lowest BCUT2D eigenvalue weighted by molar-refractivity contribution is 0.777. The fourth-order valence-electron chi connectivity index (χ4n) is 5.97. The highest BCUT2D eigenvalue weighted by atomic mass is 32.2. The van der Waals surface area contributed by atoms with Crippen molar-refractivity contribution in [1.29, 1.82) is 0 Å².